The first-order valence-electron chi connectivity index (χ1n) is 6.28. The molecule has 0 spiro atoms. The van der Waals surface area contributed by atoms with Gasteiger partial charge < -0.3 is 5.43 Å². The van der Waals surface area contributed by atoms with Gasteiger partial charge in [-0.3, -0.25) is 0 Å². The van der Waals surface area contributed by atoms with Gasteiger partial charge in [-0.2, -0.15) is 5.10 Å². The van der Waals surface area contributed by atoms with Crippen LogP contribution < -0.4 is 5.43 Å². The molecule has 2 heteroatoms. The largest absolute Gasteiger partial charge is 0.310 e. The smallest absolute Gasteiger partial charge is 0.0462 e. The first-order valence-corrected chi connectivity index (χ1v) is 6.28. The number of hydrogen-bond acceptors (Lipinski definition) is 2. The van der Waals surface area contributed by atoms with Crippen LogP contribution in [0, 0.1) is 0 Å². The molecule has 0 radical (unpaired) electrons. The zero-order valence-electron chi connectivity index (χ0n) is 10.2. The van der Waals surface area contributed by atoms with Crippen LogP contribution in [0.15, 0.2) is 17.8 Å². The first kappa shape index (κ1) is 14.2. The standard InChI is InChI=1S/C13H26N2/c1-3-5-6-7-8-9-10-11-13-15-14-12-4-2/h4,12,15H,2-3,5-11,13H2,1H3. The minimum atomic E-state index is 0.985. The van der Waals surface area contributed by atoms with Crippen LogP contribution in [0.3, 0.4) is 0 Å². The van der Waals surface area contributed by atoms with E-state index in [1.54, 1.807) is 12.3 Å². The van der Waals surface area contributed by atoms with Gasteiger partial charge in [0, 0.05) is 12.8 Å². The third-order valence-electron chi connectivity index (χ3n) is 2.41. The summed E-state index contributed by atoms with van der Waals surface area (Å²) in [7, 11) is 0. The molecule has 2 nitrogen and oxygen atoms in total. The predicted octanol–water partition coefficient (Wildman–Crippen LogP) is 3.89. The van der Waals surface area contributed by atoms with Gasteiger partial charge >= 0.3 is 0 Å². The van der Waals surface area contributed by atoms with Crippen molar-refractivity contribution >= 4 is 6.21 Å². The summed E-state index contributed by atoms with van der Waals surface area (Å²) in [5.41, 5.74) is 3.00. The molecule has 1 N–H and O–H groups in total. The Labute approximate surface area is 94.8 Å². The Hall–Kier alpha value is -0.790. The lowest BCUT2D eigenvalue weighted by molar-refractivity contribution is 0.561. The molecule has 0 aromatic heterocycles. The second kappa shape index (κ2) is 13.2. The Bertz CT molecular complexity index is 153. The Morgan fingerprint density at radius 2 is 1.60 bits per heavy atom. The van der Waals surface area contributed by atoms with Crippen molar-refractivity contribution in [3.63, 3.8) is 0 Å². The fraction of sp³-hybridized carbons (Fsp3) is 0.769. The lowest BCUT2D eigenvalue weighted by Crippen LogP contribution is -2.06. The molecule has 0 bridgehead atoms. The van der Waals surface area contributed by atoms with Crippen molar-refractivity contribution in [3.05, 3.63) is 12.7 Å². The third kappa shape index (κ3) is 13.2. The van der Waals surface area contributed by atoms with Gasteiger partial charge in [0.1, 0.15) is 0 Å². The summed E-state index contributed by atoms with van der Waals surface area (Å²) in [6, 6.07) is 0. The molecule has 0 fully saturated rings. The van der Waals surface area contributed by atoms with Crippen LogP contribution in [0.5, 0.6) is 0 Å². The molecule has 0 saturated heterocycles. The van der Waals surface area contributed by atoms with E-state index >= 15 is 0 Å². The van der Waals surface area contributed by atoms with Gasteiger partial charge in [-0.1, -0.05) is 58.4 Å². The van der Waals surface area contributed by atoms with Gasteiger partial charge in [-0.05, 0) is 12.5 Å². The molecule has 0 unspecified atom stereocenters. The summed E-state index contributed by atoms with van der Waals surface area (Å²) in [6.07, 6.45) is 14.3. The van der Waals surface area contributed by atoms with E-state index < -0.39 is 0 Å². The van der Waals surface area contributed by atoms with Gasteiger partial charge in [-0.25, -0.2) is 0 Å². The van der Waals surface area contributed by atoms with Crippen LogP contribution in [0.4, 0.5) is 0 Å². The van der Waals surface area contributed by atoms with Crippen LogP contribution in [-0.2, 0) is 0 Å². The summed E-state index contributed by atoms with van der Waals surface area (Å²) in [4.78, 5) is 0. The van der Waals surface area contributed by atoms with Crippen LogP contribution >= 0.6 is 0 Å². The van der Waals surface area contributed by atoms with Crippen molar-refractivity contribution in [1.29, 1.82) is 0 Å². The highest BCUT2D eigenvalue weighted by molar-refractivity contribution is 5.69. The molecule has 88 valence electrons. The van der Waals surface area contributed by atoms with E-state index in [9.17, 15) is 0 Å². The second-order valence-electron chi connectivity index (χ2n) is 3.90. The number of hydrogen-bond donors (Lipinski definition) is 1. The summed E-state index contributed by atoms with van der Waals surface area (Å²) in [5.74, 6) is 0. The molecule has 0 aromatic carbocycles. The maximum Gasteiger partial charge on any atom is 0.0462 e. The summed E-state index contributed by atoms with van der Waals surface area (Å²) in [6.45, 7) is 6.80. The van der Waals surface area contributed by atoms with Crippen molar-refractivity contribution in [2.45, 2.75) is 58.3 Å². The first-order chi connectivity index (χ1) is 7.41. The van der Waals surface area contributed by atoms with Crippen molar-refractivity contribution < 1.29 is 0 Å². The fourth-order valence-electron chi connectivity index (χ4n) is 1.51. The molecule has 15 heavy (non-hydrogen) atoms. The summed E-state index contributed by atoms with van der Waals surface area (Å²) in [5, 5.41) is 3.96. The maximum atomic E-state index is 3.96. The van der Waals surface area contributed by atoms with Gasteiger partial charge in [-0.15, -0.1) is 0 Å². The number of unbranched alkanes of at least 4 members (excludes halogenated alkanes) is 7. The number of rotatable bonds is 11. The molecule has 0 rings (SSSR count). The molecule has 0 aromatic rings. The van der Waals surface area contributed by atoms with Gasteiger partial charge in [0.05, 0.1) is 0 Å². The van der Waals surface area contributed by atoms with Crippen molar-refractivity contribution in [2.75, 3.05) is 6.54 Å². The lowest BCUT2D eigenvalue weighted by atomic mass is 10.1. The molecule has 0 heterocycles. The van der Waals surface area contributed by atoms with E-state index in [4.69, 9.17) is 0 Å². The average molecular weight is 210 g/mol. The normalized spacial score (nSPS) is 10.7. The molecule has 0 amide bonds. The van der Waals surface area contributed by atoms with E-state index in [1.165, 1.54) is 51.4 Å². The van der Waals surface area contributed by atoms with Gasteiger partial charge in [0.2, 0.25) is 0 Å². The highest BCUT2D eigenvalue weighted by Crippen LogP contribution is 2.07. The van der Waals surface area contributed by atoms with E-state index in [1.807, 2.05) is 0 Å². The van der Waals surface area contributed by atoms with Crippen LogP contribution in [-0.4, -0.2) is 12.8 Å². The molecule has 0 atom stereocenters. The molecular weight excluding hydrogens is 184 g/mol. The quantitative estimate of drug-likeness (QED) is 0.312. The van der Waals surface area contributed by atoms with Crippen molar-refractivity contribution in [1.82, 2.24) is 5.43 Å². The second-order valence-corrected chi connectivity index (χ2v) is 3.90. The Balaban J connectivity index is 2.92. The maximum absolute atomic E-state index is 3.96. The minimum absolute atomic E-state index is 0.985. The number of allylic oxidation sites excluding steroid dienone is 1. The van der Waals surface area contributed by atoms with Crippen LogP contribution in [0.1, 0.15) is 58.3 Å². The highest BCUT2D eigenvalue weighted by atomic mass is 15.3. The Morgan fingerprint density at radius 1 is 1.00 bits per heavy atom. The monoisotopic (exact) mass is 210 g/mol. The molecule has 0 aliphatic rings. The van der Waals surface area contributed by atoms with E-state index in [0.29, 0.717) is 0 Å². The molecule has 0 aliphatic carbocycles. The topological polar surface area (TPSA) is 24.4 Å². The fourth-order valence-corrected chi connectivity index (χ4v) is 1.51. The van der Waals surface area contributed by atoms with E-state index in [0.717, 1.165) is 6.54 Å². The Kier molecular flexibility index (Phi) is 12.5. The van der Waals surface area contributed by atoms with Gasteiger partial charge in [0.15, 0.2) is 0 Å². The molecule has 0 saturated carbocycles. The van der Waals surface area contributed by atoms with Crippen molar-refractivity contribution in [3.8, 4) is 0 Å². The summed E-state index contributed by atoms with van der Waals surface area (Å²) >= 11 is 0. The van der Waals surface area contributed by atoms with Crippen LogP contribution in [0.25, 0.3) is 0 Å². The minimum Gasteiger partial charge on any atom is -0.310 e. The predicted molar refractivity (Wildman–Crippen MR) is 69.3 cm³/mol. The molecular formula is C13H26N2. The van der Waals surface area contributed by atoms with Crippen molar-refractivity contribution in [2.24, 2.45) is 5.10 Å². The molecule has 0 aliphatic heterocycles. The van der Waals surface area contributed by atoms with Crippen LogP contribution in [0.2, 0.25) is 0 Å². The number of nitrogens with zero attached hydrogens (tertiary/aromatic N) is 1. The average Bonchev–Trinajstić information content (AvgIpc) is 2.26. The van der Waals surface area contributed by atoms with E-state index in [2.05, 4.69) is 24.0 Å². The Morgan fingerprint density at radius 3 is 2.20 bits per heavy atom. The zero-order valence-corrected chi connectivity index (χ0v) is 10.2. The van der Waals surface area contributed by atoms with Gasteiger partial charge in [0.25, 0.3) is 0 Å². The SMILES string of the molecule is C=CC=NNCCCCCCCCCC. The number of hydrazone groups is 1. The summed E-state index contributed by atoms with van der Waals surface area (Å²) < 4.78 is 0. The van der Waals surface area contributed by atoms with E-state index in [-0.39, 0.29) is 0 Å². The lowest BCUT2D eigenvalue weighted by Gasteiger charge is -2.01. The highest BCUT2D eigenvalue weighted by Gasteiger charge is 1.90. The zero-order chi connectivity index (χ0) is 11.2. The number of nitrogens with one attached hydrogen (secondary N) is 1. The third-order valence-corrected chi connectivity index (χ3v) is 2.41.